The fourth-order valence-corrected chi connectivity index (χ4v) is 0.776. The summed E-state index contributed by atoms with van der Waals surface area (Å²) in [5.41, 5.74) is 0. The number of ether oxygens (including phenoxy) is 1. The lowest BCUT2D eigenvalue weighted by molar-refractivity contribution is 0.141. The van der Waals surface area contributed by atoms with Crippen LogP contribution in [0.4, 0.5) is 4.79 Å². The summed E-state index contributed by atoms with van der Waals surface area (Å²) in [7, 11) is 0. The Morgan fingerprint density at radius 2 is 1.62 bits per heavy atom. The van der Waals surface area contributed by atoms with Crippen molar-refractivity contribution in [2.45, 2.75) is 0 Å². The van der Waals surface area contributed by atoms with E-state index in [9.17, 15) is 4.79 Å². The number of benzene rings is 1. The maximum atomic E-state index is 10.1. The van der Waals surface area contributed by atoms with Crippen LogP contribution < -0.4 is 4.74 Å². The molecule has 1 aromatic carbocycles. The van der Waals surface area contributed by atoms with Crippen LogP contribution in [0.5, 0.6) is 23.0 Å². The fourth-order valence-electron chi connectivity index (χ4n) is 0.776. The van der Waals surface area contributed by atoms with Crippen molar-refractivity contribution < 1.29 is 30.0 Å². The van der Waals surface area contributed by atoms with E-state index < -0.39 is 29.2 Å². The number of phenols is 3. The molecule has 0 spiro atoms. The van der Waals surface area contributed by atoms with Crippen LogP contribution in [-0.4, -0.2) is 26.6 Å². The molecule has 13 heavy (non-hydrogen) atoms. The quantitative estimate of drug-likeness (QED) is 0.382. The molecule has 4 N–H and O–H groups in total. The van der Waals surface area contributed by atoms with E-state index in [0.29, 0.717) is 0 Å². The van der Waals surface area contributed by atoms with Gasteiger partial charge in [-0.25, -0.2) is 4.79 Å². The van der Waals surface area contributed by atoms with Crippen molar-refractivity contribution in [3.63, 3.8) is 0 Å². The smallest absolute Gasteiger partial charge is 0.508 e. The number of carbonyl (C=O) groups is 1. The molecule has 1 rings (SSSR count). The molecular formula is C7H6O6. The maximum absolute atomic E-state index is 10.1. The van der Waals surface area contributed by atoms with Gasteiger partial charge in [0.05, 0.1) is 0 Å². The number of hydrogen-bond donors (Lipinski definition) is 4. The summed E-state index contributed by atoms with van der Waals surface area (Å²) in [6.45, 7) is 0. The molecule has 6 nitrogen and oxygen atoms in total. The van der Waals surface area contributed by atoms with E-state index in [1.165, 1.54) is 0 Å². The first-order chi connectivity index (χ1) is 6.00. The first kappa shape index (κ1) is 8.98. The molecule has 0 fully saturated rings. The van der Waals surface area contributed by atoms with Crippen molar-refractivity contribution in [1.82, 2.24) is 0 Å². The molecule has 0 aliphatic carbocycles. The van der Waals surface area contributed by atoms with Crippen molar-refractivity contribution in [1.29, 1.82) is 0 Å². The molecule has 0 radical (unpaired) electrons. The highest BCUT2D eigenvalue weighted by atomic mass is 16.7. The monoisotopic (exact) mass is 186 g/mol. The Kier molecular flexibility index (Phi) is 2.14. The molecule has 0 aromatic heterocycles. The minimum atomic E-state index is -1.67. The second-order valence-corrected chi connectivity index (χ2v) is 2.18. The number of rotatable bonds is 1. The summed E-state index contributed by atoms with van der Waals surface area (Å²) >= 11 is 0. The number of carboxylic acid groups (broad SMARTS) is 1. The summed E-state index contributed by atoms with van der Waals surface area (Å²) < 4.78 is 4.04. The van der Waals surface area contributed by atoms with Crippen molar-refractivity contribution in [3.05, 3.63) is 12.1 Å². The Morgan fingerprint density at radius 3 is 2.00 bits per heavy atom. The predicted molar refractivity (Wildman–Crippen MR) is 40.1 cm³/mol. The largest absolute Gasteiger partial charge is 0.511 e. The van der Waals surface area contributed by atoms with Crippen molar-refractivity contribution in [2.75, 3.05) is 0 Å². The third-order valence-electron chi connectivity index (χ3n) is 1.22. The van der Waals surface area contributed by atoms with E-state index >= 15 is 0 Å². The van der Waals surface area contributed by atoms with Gasteiger partial charge >= 0.3 is 6.16 Å². The Balaban J connectivity index is 3.13. The van der Waals surface area contributed by atoms with E-state index in [1.807, 2.05) is 0 Å². The zero-order chi connectivity index (χ0) is 10.0. The van der Waals surface area contributed by atoms with E-state index in [2.05, 4.69) is 4.74 Å². The van der Waals surface area contributed by atoms with Gasteiger partial charge in [-0.1, -0.05) is 0 Å². The standard InChI is InChI=1S/C7H6O6/c8-3-1-4(9)6(5(10)2-3)13-7(11)12/h1-2,8-10H,(H,11,12). The van der Waals surface area contributed by atoms with E-state index in [-0.39, 0.29) is 0 Å². The molecule has 0 atom stereocenters. The summed E-state index contributed by atoms with van der Waals surface area (Å²) in [6.07, 6.45) is -1.67. The lowest BCUT2D eigenvalue weighted by Gasteiger charge is -2.05. The second-order valence-electron chi connectivity index (χ2n) is 2.18. The highest BCUT2D eigenvalue weighted by Crippen LogP contribution is 2.39. The molecule has 0 aliphatic rings. The van der Waals surface area contributed by atoms with Crippen LogP contribution in [0.25, 0.3) is 0 Å². The maximum Gasteiger partial charge on any atom is 0.511 e. The van der Waals surface area contributed by atoms with Crippen LogP contribution in [0.1, 0.15) is 0 Å². The third-order valence-corrected chi connectivity index (χ3v) is 1.22. The Bertz CT molecular complexity index is 322. The van der Waals surface area contributed by atoms with E-state index in [4.69, 9.17) is 20.4 Å². The molecule has 6 heteroatoms. The molecular weight excluding hydrogens is 180 g/mol. The molecule has 0 amide bonds. The molecule has 0 saturated heterocycles. The zero-order valence-corrected chi connectivity index (χ0v) is 6.26. The number of phenolic OH excluding ortho intramolecular Hbond substituents is 3. The highest BCUT2D eigenvalue weighted by molar-refractivity contribution is 5.66. The molecule has 0 heterocycles. The van der Waals surface area contributed by atoms with Crippen molar-refractivity contribution in [3.8, 4) is 23.0 Å². The van der Waals surface area contributed by atoms with Crippen molar-refractivity contribution >= 4 is 6.16 Å². The first-order valence-electron chi connectivity index (χ1n) is 3.16. The third kappa shape index (κ3) is 1.92. The average molecular weight is 186 g/mol. The average Bonchev–Trinajstić information content (AvgIpc) is 1.96. The molecule has 0 bridgehead atoms. The summed E-state index contributed by atoms with van der Waals surface area (Å²) in [5, 5.41) is 35.0. The molecule has 70 valence electrons. The van der Waals surface area contributed by atoms with E-state index in [0.717, 1.165) is 12.1 Å². The first-order valence-corrected chi connectivity index (χ1v) is 3.16. The summed E-state index contributed by atoms with van der Waals surface area (Å²) in [4.78, 5) is 10.1. The Labute approximate surface area is 72.2 Å². The van der Waals surface area contributed by atoms with Gasteiger partial charge in [0, 0.05) is 12.1 Å². The predicted octanol–water partition coefficient (Wildman–Crippen LogP) is 0.860. The lowest BCUT2D eigenvalue weighted by Crippen LogP contribution is -2.03. The minimum absolute atomic E-state index is 0.396. The van der Waals surface area contributed by atoms with Gasteiger partial charge in [-0.3, -0.25) is 0 Å². The number of hydrogen-bond acceptors (Lipinski definition) is 5. The van der Waals surface area contributed by atoms with Crippen LogP contribution in [0.3, 0.4) is 0 Å². The zero-order valence-electron chi connectivity index (χ0n) is 6.26. The van der Waals surface area contributed by atoms with Gasteiger partial charge in [0.25, 0.3) is 0 Å². The summed E-state index contributed by atoms with van der Waals surface area (Å²) in [6, 6.07) is 1.69. The van der Waals surface area contributed by atoms with Gasteiger partial charge in [-0.15, -0.1) is 0 Å². The Hall–Kier alpha value is -2.11. The molecule has 0 saturated carbocycles. The number of aromatic hydroxyl groups is 3. The van der Waals surface area contributed by atoms with Gasteiger partial charge in [0.2, 0.25) is 5.75 Å². The molecule has 0 unspecified atom stereocenters. The van der Waals surface area contributed by atoms with Crippen LogP contribution in [0.2, 0.25) is 0 Å². The SMILES string of the molecule is O=C(O)Oc1c(O)cc(O)cc1O. The van der Waals surface area contributed by atoms with E-state index in [1.54, 1.807) is 0 Å². The topological polar surface area (TPSA) is 107 Å². The van der Waals surface area contributed by atoms with Crippen LogP contribution >= 0.6 is 0 Å². The van der Waals surface area contributed by atoms with Gasteiger partial charge in [0.15, 0.2) is 11.5 Å². The lowest BCUT2D eigenvalue weighted by atomic mass is 10.3. The summed E-state index contributed by atoms with van der Waals surface area (Å²) in [5.74, 6) is -2.31. The van der Waals surface area contributed by atoms with Gasteiger partial charge in [-0.2, -0.15) is 0 Å². The molecule has 0 aliphatic heterocycles. The second kappa shape index (κ2) is 3.10. The fraction of sp³-hybridized carbons (Fsp3) is 0. The van der Waals surface area contributed by atoms with Crippen LogP contribution in [-0.2, 0) is 0 Å². The van der Waals surface area contributed by atoms with Crippen LogP contribution in [0.15, 0.2) is 12.1 Å². The van der Waals surface area contributed by atoms with Crippen LogP contribution in [0, 0.1) is 0 Å². The van der Waals surface area contributed by atoms with Gasteiger partial charge in [0.1, 0.15) is 5.75 Å². The van der Waals surface area contributed by atoms with Gasteiger partial charge in [-0.05, 0) is 0 Å². The minimum Gasteiger partial charge on any atom is -0.508 e. The Morgan fingerprint density at radius 1 is 1.15 bits per heavy atom. The highest BCUT2D eigenvalue weighted by Gasteiger charge is 2.13. The van der Waals surface area contributed by atoms with Crippen molar-refractivity contribution in [2.24, 2.45) is 0 Å². The molecule has 1 aromatic rings. The normalized spacial score (nSPS) is 9.54. The van der Waals surface area contributed by atoms with Gasteiger partial charge < -0.3 is 25.2 Å².